The molecule has 1 saturated heterocycles. The highest BCUT2D eigenvalue weighted by Gasteiger charge is 2.35. The second kappa shape index (κ2) is 5.67. The second-order valence-corrected chi connectivity index (χ2v) is 6.54. The number of carbonyl (C=O) groups is 1. The molecule has 9 heteroatoms. The van der Waals surface area contributed by atoms with Crippen LogP contribution in [0.25, 0.3) is 0 Å². The molecule has 2 aromatic heterocycles. The van der Waals surface area contributed by atoms with Gasteiger partial charge in [0.1, 0.15) is 5.69 Å². The monoisotopic (exact) mass is 331 g/mol. The molecular formula is C15H21N7O2. The molecule has 0 unspecified atom stereocenters. The molecule has 1 N–H and O–H groups in total. The van der Waals surface area contributed by atoms with Gasteiger partial charge >= 0.3 is 0 Å². The van der Waals surface area contributed by atoms with E-state index in [0.717, 1.165) is 11.6 Å². The fourth-order valence-electron chi connectivity index (χ4n) is 3.62. The van der Waals surface area contributed by atoms with E-state index in [0.29, 0.717) is 38.3 Å². The normalized spacial score (nSPS) is 24.4. The number of hydrogen-bond donors (Lipinski definition) is 1. The predicted molar refractivity (Wildman–Crippen MR) is 84.0 cm³/mol. The molecule has 1 amide bonds. The number of β-amino-alcohol motifs (C(OH)–C–C–N with tert-alkyl or cyclic N) is 1. The van der Waals surface area contributed by atoms with Gasteiger partial charge in [0.2, 0.25) is 0 Å². The number of aromatic nitrogens is 5. The number of fused-ring (bicyclic) bond motifs is 1. The van der Waals surface area contributed by atoms with Gasteiger partial charge in [0, 0.05) is 32.9 Å². The van der Waals surface area contributed by atoms with Crippen LogP contribution in [0.2, 0.25) is 0 Å². The van der Waals surface area contributed by atoms with E-state index < -0.39 is 0 Å². The zero-order valence-corrected chi connectivity index (χ0v) is 13.8. The topological polar surface area (TPSA) is 92.3 Å². The SMILES string of the molecule is CN1C[C@H](O)C[C@H]1c1nnc2n1CCN(C(=O)c1ccnn1C)C2. The van der Waals surface area contributed by atoms with Crippen molar-refractivity contribution in [3.8, 4) is 0 Å². The van der Waals surface area contributed by atoms with Crippen LogP contribution in [0.5, 0.6) is 0 Å². The van der Waals surface area contributed by atoms with Gasteiger partial charge in [-0.25, -0.2) is 0 Å². The Morgan fingerprint density at radius 1 is 1.29 bits per heavy atom. The molecule has 0 aliphatic carbocycles. The summed E-state index contributed by atoms with van der Waals surface area (Å²) in [5, 5.41) is 22.5. The van der Waals surface area contributed by atoms with Crippen LogP contribution >= 0.6 is 0 Å². The van der Waals surface area contributed by atoms with Crippen LogP contribution in [0, 0.1) is 0 Å². The lowest BCUT2D eigenvalue weighted by atomic mass is 10.2. The Labute approximate surface area is 139 Å². The van der Waals surface area contributed by atoms with Gasteiger partial charge in [0.15, 0.2) is 11.6 Å². The number of likely N-dealkylation sites (N-methyl/N-ethyl adjacent to an activating group) is 1. The number of aliphatic hydroxyl groups excluding tert-OH is 1. The number of likely N-dealkylation sites (tertiary alicyclic amines) is 1. The fraction of sp³-hybridized carbons (Fsp3) is 0.600. The number of rotatable bonds is 2. The molecule has 128 valence electrons. The van der Waals surface area contributed by atoms with Crippen LogP contribution in [-0.2, 0) is 20.1 Å². The van der Waals surface area contributed by atoms with E-state index >= 15 is 0 Å². The molecule has 2 aliphatic rings. The van der Waals surface area contributed by atoms with E-state index in [1.54, 1.807) is 28.9 Å². The van der Waals surface area contributed by atoms with Crippen molar-refractivity contribution < 1.29 is 9.90 Å². The van der Waals surface area contributed by atoms with E-state index in [9.17, 15) is 9.90 Å². The summed E-state index contributed by atoms with van der Waals surface area (Å²) in [6, 6.07) is 1.81. The Bertz CT molecular complexity index is 768. The van der Waals surface area contributed by atoms with E-state index in [1.165, 1.54) is 0 Å². The summed E-state index contributed by atoms with van der Waals surface area (Å²) in [5.74, 6) is 1.64. The zero-order valence-electron chi connectivity index (χ0n) is 13.8. The average molecular weight is 331 g/mol. The van der Waals surface area contributed by atoms with Crippen LogP contribution in [0.15, 0.2) is 12.3 Å². The van der Waals surface area contributed by atoms with Crippen LogP contribution in [-0.4, -0.2) is 71.6 Å². The minimum atomic E-state index is -0.320. The second-order valence-electron chi connectivity index (χ2n) is 6.54. The average Bonchev–Trinajstić information content (AvgIpc) is 3.24. The molecule has 2 aromatic rings. The number of aliphatic hydroxyl groups is 1. The number of hydrogen-bond acceptors (Lipinski definition) is 6. The van der Waals surface area contributed by atoms with E-state index in [1.807, 2.05) is 7.05 Å². The maximum absolute atomic E-state index is 12.6. The third-order valence-electron chi connectivity index (χ3n) is 4.93. The summed E-state index contributed by atoms with van der Waals surface area (Å²) >= 11 is 0. The Morgan fingerprint density at radius 2 is 2.12 bits per heavy atom. The lowest BCUT2D eigenvalue weighted by Gasteiger charge is -2.29. The molecule has 2 atom stereocenters. The smallest absolute Gasteiger partial charge is 0.272 e. The first-order valence-corrected chi connectivity index (χ1v) is 8.12. The first kappa shape index (κ1) is 15.3. The number of nitrogens with zero attached hydrogens (tertiary/aromatic N) is 7. The first-order valence-electron chi connectivity index (χ1n) is 8.12. The van der Waals surface area contributed by atoms with Crippen molar-refractivity contribution in [2.24, 2.45) is 7.05 Å². The third-order valence-corrected chi connectivity index (χ3v) is 4.93. The molecule has 2 aliphatic heterocycles. The summed E-state index contributed by atoms with van der Waals surface area (Å²) in [7, 11) is 3.75. The van der Waals surface area contributed by atoms with Gasteiger partial charge < -0.3 is 14.6 Å². The van der Waals surface area contributed by atoms with Crippen molar-refractivity contribution >= 4 is 5.91 Å². The predicted octanol–water partition coefficient (Wildman–Crippen LogP) is -0.595. The largest absolute Gasteiger partial charge is 0.392 e. The lowest BCUT2D eigenvalue weighted by molar-refractivity contribution is 0.0693. The van der Waals surface area contributed by atoms with Crippen LogP contribution in [0.1, 0.15) is 34.6 Å². The van der Waals surface area contributed by atoms with E-state index in [-0.39, 0.29) is 18.1 Å². The molecule has 4 rings (SSSR count). The summed E-state index contributed by atoms with van der Waals surface area (Å²) in [6.07, 6.45) is 1.98. The Hall–Kier alpha value is -2.26. The summed E-state index contributed by atoms with van der Waals surface area (Å²) in [4.78, 5) is 16.5. The maximum atomic E-state index is 12.6. The minimum Gasteiger partial charge on any atom is -0.392 e. The third kappa shape index (κ3) is 2.40. The van der Waals surface area contributed by atoms with E-state index in [4.69, 9.17) is 0 Å². The molecular weight excluding hydrogens is 310 g/mol. The lowest BCUT2D eigenvalue weighted by Crippen LogP contribution is -2.40. The van der Waals surface area contributed by atoms with Crippen LogP contribution < -0.4 is 0 Å². The molecule has 0 spiro atoms. The number of carbonyl (C=O) groups excluding carboxylic acids is 1. The fourth-order valence-corrected chi connectivity index (χ4v) is 3.62. The van der Waals surface area contributed by atoms with Crippen molar-refractivity contribution in [1.29, 1.82) is 0 Å². The number of aryl methyl sites for hydroxylation is 1. The van der Waals surface area contributed by atoms with Crippen LogP contribution in [0.3, 0.4) is 0 Å². The summed E-state index contributed by atoms with van der Waals surface area (Å²) < 4.78 is 3.67. The van der Waals surface area contributed by atoms with Crippen LogP contribution in [0.4, 0.5) is 0 Å². The molecule has 4 heterocycles. The van der Waals surface area contributed by atoms with Crippen molar-refractivity contribution in [1.82, 2.24) is 34.3 Å². The van der Waals surface area contributed by atoms with Crippen molar-refractivity contribution in [3.63, 3.8) is 0 Å². The zero-order chi connectivity index (χ0) is 16.8. The van der Waals surface area contributed by atoms with Crippen molar-refractivity contribution in [2.75, 3.05) is 20.1 Å². The van der Waals surface area contributed by atoms with E-state index in [2.05, 4.69) is 24.8 Å². The molecule has 9 nitrogen and oxygen atoms in total. The highest BCUT2D eigenvalue weighted by Crippen LogP contribution is 2.30. The Kier molecular flexibility index (Phi) is 3.61. The summed E-state index contributed by atoms with van der Waals surface area (Å²) in [6.45, 7) is 2.37. The van der Waals surface area contributed by atoms with Gasteiger partial charge in [-0.05, 0) is 19.5 Å². The van der Waals surface area contributed by atoms with Gasteiger partial charge in [-0.15, -0.1) is 10.2 Å². The summed E-state index contributed by atoms with van der Waals surface area (Å²) in [5.41, 5.74) is 0.571. The minimum absolute atomic E-state index is 0.0424. The molecule has 0 bridgehead atoms. The highest BCUT2D eigenvalue weighted by atomic mass is 16.3. The van der Waals surface area contributed by atoms with Gasteiger partial charge in [-0.2, -0.15) is 5.10 Å². The van der Waals surface area contributed by atoms with Crippen molar-refractivity contribution in [2.45, 2.75) is 31.7 Å². The molecule has 0 aromatic carbocycles. The molecule has 0 radical (unpaired) electrons. The first-order chi connectivity index (χ1) is 11.5. The quantitative estimate of drug-likeness (QED) is 0.790. The van der Waals surface area contributed by atoms with Gasteiger partial charge in [-0.1, -0.05) is 0 Å². The van der Waals surface area contributed by atoms with Gasteiger partial charge in [-0.3, -0.25) is 14.4 Å². The van der Waals surface area contributed by atoms with Gasteiger partial charge in [0.05, 0.1) is 18.7 Å². The van der Waals surface area contributed by atoms with Gasteiger partial charge in [0.25, 0.3) is 5.91 Å². The maximum Gasteiger partial charge on any atom is 0.272 e. The Balaban J connectivity index is 1.55. The Morgan fingerprint density at radius 3 is 2.79 bits per heavy atom. The molecule has 1 fully saturated rings. The molecule has 0 saturated carbocycles. The standard InChI is InChI=1S/C15H21N7O2/c1-19-8-10(23)7-12(19)14-18-17-13-9-21(5-6-22(13)14)15(24)11-3-4-16-20(11)2/h3-4,10,12,23H,5-9H2,1-2H3/t10-,12+/m1/s1. The highest BCUT2D eigenvalue weighted by molar-refractivity contribution is 5.92. The molecule has 24 heavy (non-hydrogen) atoms. The number of amides is 1. The van der Waals surface area contributed by atoms with Crippen molar-refractivity contribution in [3.05, 3.63) is 29.6 Å².